The molecule has 0 spiro atoms. The average Bonchev–Trinajstić information content (AvgIpc) is 1.93. The molecule has 0 aromatic carbocycles. The van der Waals surface area contributed by atoms with E-state index in [2.05, 4.69) is 5.32 Å². The summed E-state index contributed by atoms with van der Waals surface area (Å²) in [6.07, 6.45) is 5.92. The fourth-order valence-corrected chi connectivity index (χ4v) is 0.856. The highest BCUT2D eigenvalue weighted by Crippen LogP contribution is 2.12. The van der Waals surface area contributed by atoms with Crippen molar-refractivity contribution in [1.82, 2.24) is 5.32 Å². The van der Waals surface area contributed by atoms with Gasteiger partial charge in [0.25, 0.3) is 0 Å². The highest BCUT2D eigenvalue weighted by Gasteiger charge is 2.07. The number of nitrogens with one attached hydrogen (secondary N) is 1. The van der Waals surface area contributed by atoms with E-state index < -0.39 is 0 Å². The first-order valence-corrected chi connectivity index (χ1v) is 3.40. The number of carbonyl (C=O) groups is 1. The molecule has 0 aliphatic heterocycles. The zero-order valence-electron chi connectivity index (χ0n) is 6.29. The highest BCUT2D eigenvalue weighted by molar-refractivity contribution is 5.75. The second-order valence-electron chi connectivity index (χ2n) is 2.32. The molecule has 2 N–H and O–H groups in total. The summed E-state index contributed by atoms with van der Waals surface area (Å²) in [5, 5.41) is 11.7. The van der Waals surface area contributed by atoms with Gasteiger partial charge >= 0.3 is 0 Å². The van der Waals surface area contributed by atoms with E-state index in [1.807, 2.05) is 6.42 Å². The van der Waals surface area contributed by atoms with Crippen LogP contribution in [-0.2, 0) is 4.79 Å². The lowest BCUT2D eigenvalue weighted by molar-refractivity contribution is -0.118. The van der Waals surface area contributed by atoms with Crippen LogP contribution in [0.15, 0.2) is 23.6 Å². The Bertz CT molecular complexity index is 228. The number of aliphatic hydroxyl groups is 1. The van der Waals surface area contributed by atoms with E-state index in [1.165, 1.54) is 6.92 Å². The summed E-state index contributed by atoms with van der Waals surface area (Å²) in [6.45, 7) is 1.41. The van der Waals surface area contributed by atoms with Gasteiger partial charge in [0.05, 0.1) is 5.70 Å². The fraction of sp³-hybridized carbons (Fsp3) is 0.250. The van der Waals surface area contributed by atoms with Crippen molar-refractivity contribution in [2.24, 2.45) is 0 Å². The Balaban J connectivity index is 2.63. The van der Waals surface area contributed by atoms with E-state index in [4.69, 9.17) is 0 Å². The molecule has 0 saturated heterocycles. The van der Waals surface area contributed by atoms with Gasteiger partial charge in [-0.2, -0.15) is 0 Å². The Kier molecular flexibility index (Phi) is 2.31. The minimum absolute atomic E-state index is 0.141. The summed E-state index contributed by atoms with van der Waals surface area (Å²) < 4.78 is 0. The average molecular weight is 152 g/mol. The van der Waals surface area contributed by atoms with Crippen molar-refractivity contribution in [1.29, 1.82) is 0 Å². The molecule has 0 unspecified atom stereocenters. The maximum absolute atomic E-state index is 10.6. The van der Waals surface area contributed by atoms with E-state index in [-0.39, 0.29) is 11.7 Å². The van der Waals surface area contributed by atoms with Crippen molar-refractivity contribution in [3.8, 4) is 0 Å². The third kappa shape index (κ3) is 2.11. The minimum Gasteiger partial charge on any atom is -0.506 e. The zero-order valence-corrected chi connectivity index (χ0v) is 6.29. The minimum atomic E-state index is -0.175. The molecule has 0 fully saturated rings. The predicted octanol–water partition coefficient (Wildman–Crippen LogP) is 1.06. The molecule has 1 aliphatic rings. The molecule has 1 amide bonds. The second-order valence-corrected chi connectivity index (χ2v) is 2.32. The fourth-order valence-electron chi connectivity index (χ4n) is 0.856. The number of aliphatic hydroxyl groups excluding tert-OH is 1. The zero-order chi connectivity index (χ0) is 8.27. The van der Waals surface area contributed by atoms with Gasteiger partial charge in [0.2, 0.25) is 5.91 Å². The first kappa shape index (κ1) is 7.85. The Hall–Kier alpha value is -1.25. The smallest absolute Gasteiger partial charge is 0.221 e. The lowest BCUT2D eigenvalue weighted by Crippen LogP contribution is -2.21. The molecule has 1 radical (unpaired) electrons. The molecule has 3 nitrogen and oxygen atoms in total. The van der Waals surface area contributed by atoms with Crippen LogP contribution in [0.25, 0.3) is 0 Å². The van der Waals surface area contributed by atoms with E-state index in [0.717, 1.165) is 6.42 Å². The number of hydrogen-bond acceptors (Lipinski definition) is 2. The van der Waals surface area contributed by atoms with E-state index in [9.17, 15) is 9.90 Å². The van der Waals surface area contributed by atoms with Gasteiger partial charge in [0.1, 0.15) is 5.76 Å². The standard InChI is InChI=1S/C8H10NO2/c1-6(10)9-7-4-2-3-5-8(7)11/h2,4-5,11H,3H2,1H3,(H,9,10). The normalized spacial score (nSPS) is 16.8. The first-order chi connectivity index (χ1) is 5.20. The quantitative estimate of drug-likeness (QED) is 0.590. The van der Waals surface area contributed by atoms with Crippen molar-refractivity contribution in [3.05, 3.63) is 30.0 Å². The van der Waals surface area contributed by atoms with Crippen molar-refractivity contribution >= 4 is 5.91 Å². The number of carbonyl (C=O) groups excluding carboxylic acids is 1. The van der Waals surface area contributed by atoms with Crippen molar-refractivity contribution in [3.63, 3.8) is 0 Å². The van der Waals surface area contributed by atoms with Crippen LogP contribution in [0.4, 0.5) is 0 Å². The molecule has 0 heterocycles. The van der Waals surface area contributed by atoms with Crippen LogP contribution in [0.5, 0.6) is 0 Å². The van der Waals surface area contributed by atoms with E-state index in [0.29, 0.717) is 5.70 Å². The lowest BCUT2D eigenvalue weighted by Gasteiger charge is -2.10. The Morgan fingerprint density at radius 1 is 1.73 bits per heavy atom. The maximum Gasteiger partial charge on any atom is 0.221 e. The molecule has 0 saturated carbocycles. The maximum atomic E-state index is 10.6. The van der Waals surface area contributed by atoms with E-state index in [1.54, 1.807) is 12.2 Å². The first-order valence-electron chi connectivity index (χ1n) is 3.40. The van der Waals surface area contributed by atoms with Crippen molar-refractivity contribution in [2.45, 2.75) is 13.3 Å². The second kappa shape index (κ2) is 3.23. The molecule has 1 rings (SSSR count). The third-order valence-corrected chi connectivity index (χ3v) is 1.32. The summed E-state index contributed by atoms with van der Waals surface area (Å²) in [4.78, 5) is 10.6. The van der Waals surface area contributed by atoms with Crippen LogP contribution < -0.4 is 5.32 Å². The van der Waals surface area contributed by atoms with Crippen LogP contribution in [0, 0.1) is 6.42 Å². The largest absolute Gasteiger partial charge is 0.506 e. The van der Waals surface area contributed by atoms with E-state index >= 15 is 0 Å². The summed E-state index contributed by atoms with van der Waals surface area (Å²) in [5.74, 6) is -0.0331. The SMILES string of the molecule is CC(=O)NC1=C[CH]CC=C1O. The Morgan fingerprint density at radius 3 is 3.00 bits per heavy atom. The monoisotopic (exact) mass is 152 g/mol. The van der Waals surface area contributed by atoms with Gasteiger partial charge in [-0.1, -0.05) is 6.08 Å². The Morgan fingerprint density at radius 2 is 2.45 bits per heavy atom. The van der Waals surface area contributed by atoms with Crippen LogP contribution >= 0.6 is 0 Å². The topological polar surface area (TPSA) is 49.3 Å². The molecule has 0 bridgehead atoms. The summed E-state index contributed by atoms with van der Waals surface area (Å²) in [7, 11) is 0. The molecule has 1 aliphatic carbocycles. The lowest BCUT2D eigenvalue weighted by atomic mass is 10.1. The molecular formula is C8H10NO2. The summed E-state index contributed by atoms with van der Waals surface area (Å²) in [6, 6.07) is 0. The number of amides is 1. The molecule has 11 heavy (non-hydrogen) atoms. The molecular weight excluding hydrogens is 142 g/mol. The van der Waals surface area contributed by atoms with Crippen molar-refractivity contribution in [2.75, 3.05) is 0 Å². The van der Waals surface area contributed by atoms with Gasteiger partial charge in [-0.3, -0.25) is 4.79 Å². The predicted molar refractivity (Wildman–Crippen MR) is 41.5 cm³/mol. The van der Waals surface area contributed by atoms with Crippen molar-refractivity contribution < 1.29 is 9.90 Å². The summed E-state index contributed by atoms with van der Waals surface area (Å²) >= 11 is 0. The molecule has 0 atom stereocenters. The summed E-state index contributed by atoms with van der Waals surface area (Å²) in [5.41, 5.74) is 0.476. The van der Waals surface area contributed by atoms with Gasteiger partial charge in [0.15, 0.2) is 0 Å². The van der Waals surface area contributed by atoms with Crippen LogP contribution in [0.1, 0.15) is 13.3 Å². The Labute approximate surface area is 65.4 Å². The van der Waals surface area contributed by atoms with Crippen LogP contribution in [0.2, 0.25) is 0 Å². The molecule has 59 valence electrons. The molecule has 3 heteroatoms. The highest BCUT2D eigenvalue weighted by atomic mass is 16.3. The third-order valence-electron chi connectivity index (χ3n) is 1.32. The molecule has 0 aromatic rings. The van der Waals surface area contributed by atoms with Gasteiger partial charge in [0, 0.05) is 6.92 Å². The van der Waals surface area contributed by atoms with Gasteiger partial charge < -0.3 is 10.4 Å². The van der Waals surface area contributed by atoms with Gasteiger partial charge in [-0.25, -0.2) is 0 Å². The number of allylic oxidation sites excluding steroid dienone is 2. The van der Waals surface area contributed by atoms with Crippen LogP contribution in [-0.4, -0.2) is 11.0 Å². The molecule has 0 aromatic heterocycles. The van der Waals surface area contributed by atoms with Crippen LogP contribution in [0.3, 0.4) is 0 Å². The van der Waals surface area contributed by atoms with Gasteiger partial charge in [-0.05, 0) is 18.9 Å². The number of hydrogen-bond donors (Lipinski definition) is 2. The van der Waals surface area contributed by atoms with Gasteiger partial charge in [-0.15, -0.1) is 0 Å². The number of rotatable bonds is 1.